The van der Waals surface area contributed by atoms with Crippen LogP contribution in [-0.4, -0.2) is 73.2 Å². The summed E-state index contributed by atoms with van der Waals surface area (Å²) >= 11 is 0. The molecule has 0 aliphatic carbocycles. The fourth-order valence-electron chi connectivity index (χ4n) is 5.60. The van der Waals surface area contributed by atoms with Gasteiger partial charge in [-0.1, -0.05) is 6.92 Å². The molecule has 4 unspecified atom stereocenters. The van der Waals surface area contributed by atoms with Crippen molar-refractivity contribution in [2.75, 3.05) is 49.3 Å². The van der Waals surface area contributed by atoms with E-state index in [1.54, 1.807) is 19.9 Å². The highest BCUT2D eigenvalue weighted by Crippen LogP contribution is 2.43. The standard InChI is InChI=1S/C28H38F2N8O4/c1-6-28(3,39)18-9-19(29)20(30)10-21(18)35-27(31)33-15-32-16(2)34-22-11-24(38(40)41)23(12-26(22)42-5)37-8-7-17-13-36(4)14-25(17)37/h9-12,15-17,25,34,39H,6-8,13-14H2,1-5H3,(H3,31,32,33,35). The van der Waals surface area contributed by atoms with Crippen molar-refractivity contribution >= 4 is 35.0 Å². The number of nitrogens with two attached hydrogens (primary N) is 1. The molecule has 2 saturated heterocycles. The molecule has 2 aliphatic heterocycles. The third-order valence-electron chi connectivity index (χ3n) is 7.98. The van der Waals surface area contributed by atoms with E-state index in [0.29, 0.717) is 23.0 Å². The van der Waals surface area contributed by atoms with Crippen LogP contribution in [0.5, 0.6) is 5.75 Å². The fraction of sp³-hybridized carbons (Fsp3) is 0.500. The van der Waals surface area contributed by atoms with Crippen LogP contribution < -0.4 is 26.0 Å². The number of fused-ring (bicyclic) bond motifs is 1. The van der Waals surface area contributed by atoms with E-state index in [1.807, 2.05) is 0 Å². The Bertz CT molecular complexity index is 1390. The maximum absolute atomic E-state index is 13.9. The Morgan fingerprint density at radius 3 is 2.69 bits per heavy atom. The third-order valence-corrected chi connectivity index (χ3v) is 7.98. The summed E-state index contributed by atoms with van der Waals surface area (Å²) in [5.74, 6) is -1.47. The molecule has 42 heavy (non-hydrogen) atoms. The summed E-state index contributed by atoms with van der Waals surface area (Å²) in [4.78, 5) is 24.3. The number of hydrogen-bond acceptors (Lipinski definition) is 8. The molecule has 4 rings (SSSR count). The van der Waals surface area contributed by atoms with E-state index in [1.165, 1.54) is 20.1 Å². The minimum absolute atomic E-state index is 0.0264. The summed E-state index contributed by atoms with van der Waals surface area (Å²) in [6, 6.07) is 5.18. The molecule has 14 heteroatoms. The maximum atomic E-state index is 13.9. The first-order valence-corrected chi connectivity index (χ1v) is 13.8. The Kier molecular flexibility index (Phi) is 9.16. The minimum atomic E-state index is -1.44. The number of nitrogens with zero attached hydrogens (tertiary/aromatic N) is 5. The average molecular weight is 589 g/mol. The Morgan fingerprint density at radius 2 is 2.02 bits per heavy atom. The van der Waals surface area contributed by atoms with Crippen molar-refractivity contribution < 1.29 is 23.5 Å². The number of anilines is 3. The second-order valence-corrected chi connectivity index (χ2v) is 11.0. The predicted molar refractivity (Wildman–Crippen MR) is 159 cm³/mol. The highest BCUT2D eigenvalue weighted by molar-refractivity contribution is 5.97. The van der Waals surface area contributed by atoms with E-state index in [4.69, 9.17) is 10.5 Å². The number of ether oxygens (including phenoxy) is 1. The topological polar surface area (TPSA) is 154 Å². The molecule has 5 N–H and O–H groups in total. The van der Waals surface area contributed by atoms with E-state index in [2.05, 4.69) is 37.5 Å². The number of nitro groups is 1. The number of methoxy groups -OCH3 is 1. The lowest BCUT2D eigenvalue weighted by molar-refractivity contribution is -0.384. The zero-order chi connectivity index (χ0) is 30.8. The van der Waals surface area contributed by atoms with E-state index < -0.39 is 23.4 Å². The van der Waals surface area contributed by atoms with E-state index in [0.717, 1.165) is 44.5 Å². The van der Waals surface area contributed by atoms with Gasteiger partial charge in [0.2, 0.25) is 0 Å². The molecule has 12 nitrogen and oxygen atoms in total. The number of hydrogen-bond donors (Lipinski definition) is 4. The number of nitrogens with one attached hydrogen (secondary N) is 2. The van der Waals surface area contributed by atoms with Gasteiger partial charge in [-0.25, -0.2) is 18.8 Å². The second-order valence-electron chi connectivity index (χ2n) is 11.0. The Hall–Kier alpha value is -4.04. The SMILES string of the molecule is CCC(C)(O)c1cc(F)c(F)cc1NC(N)=NC=NC(C)Nc1cc([N+](=O)[O-])c(N2CCC3CN(C)CC32)cc1OC. The number of guanidine groups is 1. The molecule has 0 bridgehead atoms. The van der Waals surface area contributed by atoms with Crippen molar-refractivity contribution in [3.63, 3.8) is 0 Å². The molecule has 2 aromatic carbocycles. The number of nitro benzene ring substituents is 1. The number of halogens is 2. The molecular formula is C28H38F2N8O4. The second kappa shape index (κ2) is 12.4. The lowest BCUT2D eigenvalue weighted by atomic mass is 9.91. The average Bonchev–Trinajstić information content (AvgIpc) is 3.49. The summed E-state index contributed by atoms with van der Waals surface area (Å²) in [6.45, 7) is 7.47. The first kappa shape index (κ1) is 30.9. The third kappa shape index (κ3) is 6.54. The number of benzene rings is 2. The van der Waals surface area contributed by atoms with E-state index in [-0.39, 0.29) is 40.3 Å². The van der Waals surface area contributed by atoms with Crippen LogP contribution in [0, 0.1) is 27.7 Å². The van der Waals surface area contributed by atoms with Gasteiger partial charge in [-0.2, -0.15) is 0 Å². The molecular weight excluding hydrogens is 550 g/mol. The van der Waals surface area contributed by atoms with Gasteiger partial charge in [-0.3, -0.25) is 10.1 Å². The van der Waals surface area contributed by atoms with Gasteiger partial charge >= 0.3 is 0 Å². The van der Waals surface area contributed by atoms with E-state index in [9.17, 15) is 24.0 Å². The van der Waals surface area contributed by atoms with Crippen molar-refractivity contribution in [3.05, 3.63) is 51.6 Å². The highest BCUT2D eigenvalue weighted by Gasteiger charge is 2.42. The molecule has 2 aliphatic rings. The Balaban J connectivity index is 1.50. The molecule has 0 amide bonds. The summed E-state index contributed by atoms with van der Waals surface area (Å²) < 4.78 is 33.4. The van der Waals surface area contributed by atoms with Gasteiger partial charge < -0.3 is 36.0 Å². The Labute approximate surface area is 243 Å². The summed E-state index contributed by atoms with van der Waals surface area (Å²) in [6.07, 6.45) is 1.79. The van der Waals surface area contributed by atoms with Crippen LogP contribution in [0.15, 0.2) is 34.3 Å². The number of likely N-dealkylation sites (N-methyl/N-ethyl adjacent to an activating group) is 1. The molecule has 2 aromatic rings. The van der Waals surface area contributed by atoms with Crippen molar-refractivity contribution in [3.8, 4) is 5.75 Å². The van der Waals surface area contributed by atoms with Crippen molar-refractivity contribution in [2.24, 2.45) is 21.6 Å². The van der Waals surface area contributed by atoms with Gasteiger partial charge in [0.05, 0.1) is 29.0 Å². The molecule has 2 fully saturated rings. The summed E-state index contributed by atoms with van der Waals surface area (Å²) in [7, 11) is 3.56. The van der Waals surface area contributed by atoms with Gasteiger partial charge in [0.1, 0.15) is 23.9 Å². The molecule has 0 radical (unpaired) electrons. The minimum Gasteiger partial charge on any atom is -0.495 e. The number of aliphatic imine (C=N–C) groups is 2. The summed E-state index contributed by atoms with van der Waals surface area (Å²) in [5, 5.41) is 28.5. The van der Waals surface area contributed by atoms with Crippen LogP contribution in [0.2, 0.25) is 0 Å². The molecule has 4 atom stereocenters. The first-order chi connectivity index (χ1) is 19.8. The largest absolute Gasteiger partial charge is 0.495 e. The van der Waals surface area contributed by atoms with Crippen LogP contribution in [0.3, 0.4) is 0 Å². The van der Waals surface area contributed by atoms with Gasteiger partial charge in [-0.05, 0) is 45.7 Å². The summed E-state index contributed by atoms with van der Waals surface area (Å²) in [5.41, 5.74) is 5.57. The molecule has 0 aromatic heterocycles. The zero-order valence-electron chi connectivity index (χ0n) is 24.4. The lowest BCUT2D eigenvalue weighted by Gasteiger charge is -2.27. The number of likely N-dealkylation sites (tertiary alicyclic amines) is 1. The van der Waals surface area contributed by atoms with Crippen LogP contribution in [0.4, 0.5) is 31.5 Å². The normalized spacial score (nSPS) is 21.3. The molecule has 0 saturated carbocycles. The lowest BCUT2D eigenvalue weighted by Crippen LogP contribution is -2.35. The van der Waals surface area contributed by atoms with Crippen molar-refractivity contribution in [1.29, 1.82) is 0 Å². The monoisotopic (exact) mass is 588 g/mol. The van der Waals surface area contributed by atoms with Gasteiger partial charge in [-0.15, -0.1) is 0 Å². The van der Waals surface area contributed by atoms with Gasteiger partial charge in [0.25, 0.3) is 5.69 Å². The van der Waals surface area contributed by atoms with Crippen LogP contribution in [0.25, 0.3) is 0 Å². The number of aliphatic hydroxyl groups is 1. The maximum Gasteiger partial charge on any atom is 0.294 e. The van der Waals surface area contributed by atoms with Crippen LogP contribution in [0.1, 0.15) is 39.2 Å². The molecule has 228 valence electrons. The quantitative estimate of drug-likeness (QED) is 0.140. The van der Waals surface area contributed by atoms with Gasteiger partial charge in [0.15, 0.2) is 17.6 Å². The van der Waals surface area contributed by atoms with E-state index >= 15 is 0 Å². The molecule has 0 spiro atoms. The van der Waals surface area contributed by atoms with Crippen LogP contribution in [-0.2, 0) is 5.60 Å². The highest BCUT2D eigenvalue weighted by atomic mass is 19.2. The number of rotatable bonds is 10. The smallest absolute Gasteiger partial charge is 0.294 e. The first-order valence-electron chi connectivity index (χ1n) is 13.8. The molecule has 2 heterocycles. The van der Waals surface area contributed by atoms with Crippen LogP contribution >= 0.6 is 0 Å². The zero-order valence-corrected chi connectivity index (χ0v) is 24.4. The predicted octanol–water partition coefficient (Wildman–Crippen LogP) is 3.85. The van der Waals surface area contributed by atoms with Crippen molar-refractivity contribution in [2.45, 2.75) is 51.4 Å². The fourth-order valence-corrected chi connectivity index (χ4v) is 5.60. The van der Waals surface area contributed by atoms with Gasteiger partial charge in [0, 0.05) is 49.4 Å². The van der Waals surface area contributed by atoms with Crippen molar-refractivity contribution in [1.82, 2.24) is 4.90 Å². The Morgan fingerprint density at radius 1 is 1.31 bits per heavy atom.